The van der Waals surface area contributed by atoms with Crippen LogP contribution >= 0.6 is 38.9 Å². The lowest BCUT2D eigenvalue weighted by molar-refractivity contribution is 0.624. The molecule has 1 aromatic carbocycles. The Morgan fingerprint density at radius 1 is 1.41 bits per heavy atom. The maximum atomic E-state index is 13.6. The number of anilines is 1. The van der Waals surface area contributed by atoms with Crippen LogP contribution in [0.4, 0.5) is 9.52 Å². The van der Waals surface area contributed by atoms with Gasteiger partial charge in [-0.25, -0.2) is 9.37 Å². The molecule has 0 aliphatic rings. The molecule has 2 aromatic rings. The summed E-state index contributed by atoms with van der Waals surface area (Å²) >= 11 is 10.4. The quantitative estimate of drug-likeness (QED) is 0.825. The van der Waals surface area contributed by atoms with Crippen molar-refractivity contribution >= 4 is 56.2 Å². The van der Waals surface area contributed by atoms with Crippen LogP contribution in [0.2, 0.25) is 5.02 Å². The van der Waals surface area contributed by atoms with E-state index in [2.05, 4.69) is 20.9 Å². The van der Waals surface area contributed by atoms with Crippen LogP contribution in [0.25, 0.3) is 12.2 Å². The average Bonchev–Trinajstić information content (AvgIpc) is 2.68. The Balaban J connectivity index is 2.30. The van der Waals surface area contributed by atoms with Gasteiger partial charge < -0.3 is 5.73 Å². The van der Waals surface area contributed by atoms with Gasteiger partial charge in [-0.15, -0.1) is 11.3 Å². The van der Waals surface area contributed by atoms with Gasteiger partial charge in [0.2, 0.25) is 0 Å². The van der Waals surface area contributed by atoms with Crippen LogP contribution in [0.5, 0.6) is 0 Å². The molecule has 0 spiro atoms. The summed E-state index contributed by atoms with van der Waals surface area (Å²) in [6, 6.07) is 2.88. The smallest absolute Gasteiger partial charge is 0.180 e. The summed E-state index contributed by atoms with van der Waals surface area (Å²) in [7, 11) is 0. The first-order valence-corrected chi connectivity index (χ1v) is 6.65. The lowest BCUT2D eigenvalue weighted by atomic mass is 10.2. The first kappa shape index (κ1) is 12.5. The number of thiazole rings is 1. The molecule has 0 aliphatic carbocycles. The van der Waals surface area contributed by atoms with E-state index >= 15 is 0 Å². The Morgan fingerprint density at radius 3 is 2.82 bits per heavy atom. The van der Waals surface area contributed by atoms with E-state index in [0.29, 0.717) is 25.9 Å². The first-order chi connectivity index (χ1) is 8.06. The number of halogens is 3. The normalized spacial score (nSPS) is 11.2. The summed E-state index contributed by atoms with van der Waals surface area (Å²) < 4.78 is 14.1. The molecule has 1 aromatic heterocycles. The van der Waals surface area contributed by atoms with Crippen molar-refractivity contribution < 1.29 is 4.39 Å². The summed E-state index contributed by atoms with van der Waals surface area (Å²) in [6.45, 7) is 0. The number of nitrogens with two attached hydrogens (primary N) is 1. The number of nitrogen functional groups attached to an aromatic ring is 1. The van der Waals surface area contributed by atoms with Gasteiger partial charge in [-0.1, -0.05) is 11.6 Å². The molecule has 17 heavy (non-hydrogen) atoms. The van der Waals surface area contributed by atoms with Crippen molar-refractivity contribution in [2.45, 2.75) is 0 Å². The molecule has 0 bridgehead atoms. The second-order valence-electron chi connectivity index (χ2n) is 3.23. The molecule has 6 heteroatoms. The summed E-state index contributed by atoms with van der Waals surface area (Å²) in [4.78, 5) is 4.04. The summed E-state index contributed by atoms with van der Waals surface area (Å²) in [5.74, 6) is -0.347. The van der Waals surface area contributed by atoms with Gasteiger partial charge in [-0.05, 0) is 40.2 Å². The molecule has 0 unspecified atom stereocenters. The van der Waals surface area contributed by atoms with Crippen molar-refractivity contribution in [1.29, 1.82) is 0 Å². The minimum Gasteiger partial charge on any atom is -0.375 e. The van der Waals surface area contributed by atoms with Crippen LogP contribution < -0.4 is 5.73 Å². The van der Waals surface area contributed by atoms with Gasteiger partial charge in [0.25, 0.3) is 0 Å². The zero-order chi connectivity index (χ0) is 12.4. The fourth-order valence-electron chi connectivity index (χ4n) is 1.22. The molecule has 0 saturated heterocycles. The van der Waals surface area contributed by atoms with Crippen molar-refractivity contribution in [3.8, 4) is 0 Å². The van der Waals surface area contributed by atoms with Crippen molar-refractivity contribution in [2.75, 3.05) is 5.73 Å². The highest BCUT2D eigenvalue weighted by atomic mass is 79.9. The molecule has 0 radical (unpaired) electrons. The molecule has 0 atom stereocenters. The molecular weight excluding hydrogens is 327 g/mol. The minimum absolute atomic E-state index is 0.347. The Kier molecular flexibility index (Phi) is 3.81. The third-order valence-electron chi connectivity index (χ3n) is 2.01. The fourth-order valence-corrected chi connectivity index (χ4v) is 2.24. The van der Waals surface area contributed by atoms with Crippen molar-refractivity contribution in [3.63, 3.8) is 0 Å². The largest absolute Gasteiger partial charge is 0.375 e. The molecule has 0 fully saturated rings. The third-order valence-corrected chi connectivity index (χ3v) is 3.90. The second kappa shape index (κ2) is 5.16. The van der Waals surface area contributed by atoms with Crippen molar-refractivity contribution in [1.82, 2.24) is 4.98 Å². The van der Waals surface area contributed by atoms with Crippen LogP contribution in [0.15, 0.2) is 22.0 Å². The lowest BCUT2D eigenvalue weighted by Gasteiger charge is -2.00. The SMILES string of the molecule is Nc1nc(/C=C/c2cc(Cl)c(Br)cc2F)cs1. The topological polar surface area (TPSA) is 38.9 Å². The summed E-state index contributed by atoms with van der Waals surface area (Å²) in [6.07, 6.45) is 3.30. The third kappa shape index (κ3) is 3.06. The molecule has 2 N–H and O–H groups in total. The number of rotatable bonds is 2. The lowest BCUT2D eigenvalue weighted by Crippen LogP contribution is -1.84. The first-order valence-electron chi connectivity index (χ1n) is 4.60. The minimum atomic E-state index is -0.347. The van der Waals surface area contributed by atoms with E-state index in [1.165, 1.54) is 17.4 Å². The van der Waals surface area contributed by atoms with Crippen molar-refractivity contribution in [2.24, 2.45) is 0 Å². The number of hydrogen-bond acceptors (Lipinski definition) is 3. The molecular formula is C11H7BrClFN2S. The van der Waals surface area contributed by atoms with Gasteiger partial charge in [0.1, 0.15) is 5.82 Å². The Bertz CT molecular complexity index is 583. The molecule has 88 valence electrons. The Labute approximate surface area is 115 Å². The van der Waals surface area contributed by atoms with Crippen molar-refractivity contribution in [3.05, 3.63) is 44.1 Å². The zero-order valence-corrected chi connectivity index (χ0v) is 11.6. The van der Waals surface area contributed by atoms with E-state index in [9.17, 15) is 4.39 Å². The average molecular weight is 334 g/mol. The number of aromatic nitrogens is 1. The zero-order valence-electron chi connectivity index (χ0n) is 8.45. The highest BCUT2D eigenvalue weighted by Gasteiger charge is 2.04. The van der Waals surface area contributed by atoms with Gasteiger partial charge in [0.05, 0.1) is 10.7 Å². The Morgan fingerprint density at radius 2 is 2.18 bits per heavy atom. The highest BCUT2D eigenvalue weighted by molar-refractivity contribution is 9.10. The highest BCUT2D eigenvalue weighted by Crippen LogP contribution is 2.26. The predicted octanol–water partition coefficient (Wildman–Crippen LogP) is 4.45. The van der Waals surface area contributed by atoms with E-state index in [4.69, 9.17) is 17.3 Å². The number of benzene rings is 1. The van der Waals surface area contributed by atoms with E-state index in [1.807, 2.05) is 0 Å². The standard InChI is InChI=1S/C11H7BrClFN2S/c12-8-4-10(14)6(3-9(8)13)1-2-7-5-17-11(15)16-7/h1-5H,(H2,15,16)/b2-1+. The van der Waals surface area contributed by atoms with Crippen LogP contribution in [0.1, 0.15) is 11.3 Å². The maximum absolute atomic E-state index is 13.6. The van der Waals surface area contributed by atoms with Gasteiger partial charge in [0, 0.05) is 15.4 Å². The number of nitrogens with zero attached hydrogens (tertiary/aromatic N) is 1. The molecule has 1 heterocycles. The predicted molar refractivity (Wildman–Crippen MR) is 74.6 cm³/mol. The van der Waals surface area contributed by atoms with Crippen LogP contribution in [0, 0.1) is 5.82 Å². The van der Waals surface area contributed by atoms with Gasteiger partial charge in [0.15, 0.2) is 5.13 Å². The van der Waals surface area contributed by atoms with Gasteiger partial charge >= 0.3 is 0 Å². The van der Waals surface area contributed by atoms with E-state index in [-0.39, 0.29) is 5.82 Å². The van der Waals surface area contributed by atoms with Gasteiger partial charge in [-0.3, -0.25) is 0 Å². The van der Waals surface area contributed by atoms with Gasteiger partial charge in [-0.2, -0.15) is 0 Å². The van der Waals surface area contributed by atoms with E-state index < -0.39 is 0 Å². The molecule has 2 rings (SSSR count). The maximum Gasteiger partial charge on any atom is 0.180 e. The van der Waals surface area contributed by atoms with Crippen LogP contribution in [-0.2, 0) is 0 Å². The second-order valence-corrected chi connectivity index (χ2v) is 5.38. The summed E-state index contributed by atoms with van der Waals surface area (Å²) in [5, 5.41) is 2.74. The molecule has 0 aliphatic heterocycles. The monoisotopic (exact) mass is 332 g/mol. The molecule has 0 amide bonds. The van der Waals surface area contributed by atoms with Crippen LogP contribution in [0.3, 0.4) is 0 Å². The number of hydrogen-bond donors (Lipinski definition) is 1. The van der Waals surface area contributed by atoms with Crippen LogP contribution in [-0.4, -0.2) is 4.98 Å². The fraction of sp³-hybridized carbons (Fsp3) is 0. The van der Waals surface area contributed by atoms with E-state index in [1.54, 1.807) is 23.6 Å². The Hall–Kier alpha value is -0.910. The summed E-state index contributed by atoms with van der Waals surface area (Å²) in [5.41, 5.74) is 6.60. The molecule has 0 saturated carbocycles. The van der Waals surface area contributed by atoms with E-state index in [0.717, 1.165) is 0 Å². The molecule has 2 nitrogen and oxygen atoms in total.